The first-order chi connectivity index (χ1) is 8.13. The van der Waals surface area contributed by atoms with E-state index in [-0.39, 0.29) is 0 Å². The van der Waals surface area contributed by atoms with E-state index < -0.39 is 11.6 Å². The van der Waals surface area contributed by atoms with Crippen molar-refractivity contribution in [2.45, 2.75) is 20.0 Å². The molecule has 0 amide bonds. The summed E-state index contributed by atoms with van der Waals surface area (Å²) in [6.07, 6.45) is 1.80. The van der Waals surface area contributed by atoms with Gasteiger partial charge in [0.15, 0.2) is 0 Å². The van der Waals surface area contributed by atoms with Gasteiger partial charge in [0, 0.05) is 30.2 Å². The Balaban J connectivity index is 1.89. The predicted molar refractivity (Wildman–Crippen MR) is 63.8 cm³/mol. The van der Waals surface area contributed by atoms with Crippen molar-refractivity contribution in [2.75, 3.05) is 0 Å². The topological polar surface area (TPSA) is 24.9 Å². The van der Waals surface area contributed by atoms with E-state index in [2.05, 4.69) is 10.3 Å². The summed E-state index contributed by atoms with van der Waals surface area (Å²) >= 11 is 1.61. The van der Waals surface area contributed by atoms with Gasteiger partial charge in [0.05, 0.1) is 5.01 Å². The SMILES string of the molecule is Cc1ncc(CNCc2cc(F)cc(F)c2)s1. The van der Waals surface area contributed by atoms with Gasteiger partial charge in [0.2, 0.25) is 0 Å². The van der Waals surface area contributed by atoms with Gasteiger partial charge in [-0.15, -0.1) is 11.3 Å². The van der Waals surface area contributed by atoms with Crippen LogP contribution in [0.15, 0.2) is 24.4 Å². The van der Waals surface area contributed by atoms with Crippen LogP contribution in [0.5, 0.6) is 0 Å². The highest BCUT2D eigenvalue weighted by atomic mass is 32.1. The van der Waals surface area contributed by atoms with Crippen molar-refractivity contribution in [1.82, 2.24) is 10.3 Å². The molecule has 1 N–H and O–H groups in total. The summed E-state index contributed by atoms with van der Waals surface area (Å²) in [4.78, 5) is 5.24. The van der Waals surface area contributed by atoms with E-state index in [0.29, 0.717) is 18.7 Å². The third-order valence-electron chi connectivity index (χ3n) is 2.22. The monoisotopic (exact) mass is 254 g/mol. The van der Waals surface area contributed by atoms with E-state index in [0.717, 1.165) is 16.0 Å². The summed E-state index contributed by atoms with van der Waals surface area (Å²) in [6.45, 7) is 3.03. The zero-order chi connectivity index (χ0) is 12.3. The molecule has 0 fully saturated rings. The van der Waals surface area contributed by atoms with E-state index in [1.54, 1.807) is 17.5 Å². The van der Waals surface area contributed by atoms with Crippen LogP contribution in [0.4, 0.5) is 8.78 Å². The van der Waals surface area contributed by atoms with Crippen molar-refractivity contribution in [1.29, 1.82) is 0 Å². The molecular formula is C12H12F2N2S. The van der Waals surface area contributed by atoms with Crippen LogP contribution in [0.2, 0.25) is 0 Å². The average Bonchev–Trinajstić information content (AvgIpc) is 2.63. The number of thiazole rings is 1. The molecule has 0 bridgehead atoms. The van der Waals surface area contributed by atoms with Gasteiger partial charge in [-0.25, -0.2) is 13.8 Å². The van der Waals surface area contributed by atoms with Crippen molar-refractivity contribution in [3.8, 4) is 0 Å². The molecule has 0 radical (unpaired) electrons. The number of aromatic nitrogens is 1. The maximum Gasteiger partial charge on any atom is 0.126 e. The highest BCUT2D eigenvalue weighted by molar-refractivity contribution is 7.11. The van der Waals surface area contributed by atoms with Gasteiger partial charge < -0.3 is 5.32 Å². The summed E-state index contributed by atoms with van der Waals surface area (Å²) in [5.74, 6) is -1.09. The maximum atomic E-state index is 12.9. The number of halogens is 2. The molecule has 2 rings (SSSR count). The van der Waals surface area contributed by atoms with Gasteiger partial charge in [0.1, 0.15) is 11.6 Å². The molecule has 17 heavy (non-hydrogen) atoms. The lowest BCUT2D eigenvalue weighted by Crippen LogP contribution is -2.12. The number of aryl methyl sites for hydroxylation is 1. The molecule has 2 aromatic rings. The molecule has 0 atom stereocenters. The molecule has 0 spiro atoms. The highest BCUT2D eigenvalue weighted by Gasteiger charge is 2.01. The minimum absolute atomic E-state index is 0.436. The molecule has 0 aliphatic heterocycles. The van der Waals surface area contributed by atoms with Gasteiger partial charge in [0.25, 0.3) is 0 Å². The van der Waals surface area contributed by atoms with E-state index in [1.807, 2.05) is 6.92 Å². The minimum atomic E-state index is -0.546. The number of hydrogen-bond acceptors (Lipinski definition) is 3. The van der Waals surface area contributed by atoms with Gasteiger partial charge in [-0.3, -0.25) is 0 Å². The Bertz CT molecular complexity index is 491. The summed E-state index contributed by atoms with van der Waals surface area (Å²) in [5.41, 5.74) is 0.601. The number of rotatable bonds is 4. The first-order valence-electron chi connectivity index (χ1n) is 5.20. The second-order valence-electron chi connectivity index (χ2n) is 3.73. The van der Waals surface area contributed by atoms with E-state index in [1.165, 1.54) is 12.1 Å². The van der Waals surface area contributed by atoms with Crippen LogP contribution < -0.4 is 5.32 Å². The molecule has 5 heteroatoms. The quantitative estimate of drug-likeness (QED) is 0.907. The Hall–Kier alpha value is -1.33. The van der Waals surface area contributed by atoms with E-state index >= 15 is 0 Å². The minimum Gasteiger partial charge on any atom is -0.308 e. The standard InChI is InChI=1S/C12H12F2N2S/c1-8-16-7-12(17-8)6-15-5-9-2-10(13)4-11(14)3-9/h2-4,7,15H,5-6H2,1H3. The number of benzene rings is 1. The Morgan fingerprint density at radius 3 is 2.47 bits per heavy atom. The molecule has 0 aliphatic carbocycles. The number of nitrogens with zero attached hydrogens (tertiary/aromatic N) is 1. The van der Waals surface area contributed by atoms with Gasteiger partial charge >= 0.3 is 0 Å². The van der Waals surface area contributed by atoms with Crippen molar-refractivity contribution in [3.63, 3.8) is 0 Å². The molecule has 90 valence electrons. The molecule has 0 unspecified atom stereocenters. The molecule has 1 aromatic heterocycles. The molecule has 1 heterocycles. The lowest BCUT2D eigenvalue weighted by molar-refractivity contribution is 0.575. The summed E-state index contributed by atoms with van der Waals surface area (Å²) in [5, 5.41) is 4.14. The van der Waals surface area contributed by atoms with Crippen LogP contribution in [-0.4, -0.2) is 4.98 Å². The molecule has 0 saturated heterocycles. The van der Waals surface area contributed by atoms with Crippen LogP contribution in [-0.2, 0) is 13.1 Å². The van der Waals surface area contributed by atoms with Crippen LogP contribution >= 0.6 is 11.3 Å². The Labute approximate surface area is 102 Å². The fourth-order valence-electron chi connectivity index (χ4n) is 1.53. The molecule has 2 nitrogen and oxygen atoms in total. The van der Waals surface area contributed by atoms with Crippen LogP contribution in [0.25, 0.3) is 0 Å². The first-order valence-corrected chi connectivity index (χ1v) is 6.02. The smallest absolute Gasteiger partial charge is 0.126 e. The van der Waals surface area contributed by atoms with Crippen LogP contribution in [0, 0.1) is 18.6 Å². The van der Waals surface area contributed by atoms with Gasteiger partial charge in [-0.05, 0) is 24.6 Å². The second kappa shape index (κ2) is 5.33. The molecular weight excluding hydrogens is 242 g/mol. The summed E-state index contributed by atoms with van der Waals surface area (Å²) in [6, 6.07) is 3.53. The number of hydrogen-bond donors (Lipinski definition) is 1. The van der Waals surface area contributed by atoms with Crippen molar-refractivity contribution in [2.24, 2.45) is 0 Å². The van der Waals surface area contributed by atoms with Crippen LogP contribution in [0.3, 0.4) is 0 Å². The third-order valence-corrected chi connectivity index (χ3v) is 3.13. The molecule has 0 saturated carbocycles. The lowest BCUT2D eigenvalue weighted by Gasteiger charge is -2.03. The van der Waals surface area contributed by atoms with Gasteiger partial charge in [-0.2, -0.15) is 0 Å². The zero-order valence-corrected chi connectivity index (χ0v) is 10.2. The zero-order valence-electron chi connectivity index (χ0n) is 9.34. The van der Waals surface area contributed by atoms with Crippen molar-refractivity contribution < 1.29 is 8.78 Å². The maximum absolute atomic E-state index is 12.9. The van der Waals surface area contributed by atoms with Crippen molar-refractivity contribution in [3.05, 3.63) is 51.5 Å². The largest absolute Gasteiger partial charge is 0.308 e. The van der Waals surface area contributed by atoms with Crippen LogP contribution in [0.1, 0.15) is 15.4 Å². The van der Waals surface area contributed by atoms with Crippen molar-refractivity contribution >= 4 is 11.3 Å². The third kappa shape index (κ3) is 3.57. The fraction of sp³-hybridized carbons (Fsp3) is 0.250. The summed E-state index contributed by atoms with van der Waals surface area (Å²) in [7, 11) is 0. The van der Waals surface area contributed by atoms with Gasteiger partial charge in [-0.1, -0.05) is 0 Å². The first kappa shape index (κ1) is 12.1. The Morgan fingerprint density at radius 2 is 1.88 bits per heavy atom. The highest BCUT2D eigenvalue weighted by Crippen LogP contribution is 2.12. The van der Waals surface area contributed by atoms with E-state index in [4.69, 9.17) is 0 Å². The average molecular weight is 254 g/mol. The molecule has 0 aliphatic rings. The summed E-state index contributed by atoms with van der Waals surface area (Å²) < 4.78 is 25.8. The Morgan fingerprint density at radius 1 is 1.18 bits per heavy atom. The normalized spacial score (nSPS) is 10.8. The predicted octanol–water partition coefficient (Wildman–Crippen LogP) is 3.02. The number of nitrogens with one attached hydrogen (secondary N) is 1. The second-order valence-corrected chi connectivity index (χ2v) is 5.05. The lowest BCUT2D eigenvalue weighted by atomic mass is 10.2. The molecule has 1 aromatic carbocycles. The fourth-order valence-corrected chi connectivity index (χ4v) is 2.29. The Kier molecular flexibility index (Phi) is 3.81. The van der Waals surface area contributed by atoms with E-state index in [9.17, 15) is 8.78 Å².